The first-order valence-corrected chi connectivity index (χ1v) is 9.70. The number of hydrogen-bond acceptors (Lipinski definition) is 6. The summed E-state index contributed by atoms with van der Waals surface area (Å²) in [6.07, 6.45) is 9.38. The number of nitrogens with one attached hydrogen (secondary N) is 1. The van der Waals surface area contributed by atoms with Crippen molar-refractivity contribution in [2.24, 2.45) is 5.92 Å². The molecule has 1 N–H and O–H groups in total. The maximum atomic E-state index is 6.29. The molecule has 3 saturated heterocycles. The quantitative estimate of drug-likeness (QED) is 0.902. The van der Waals surface area contributed by atoms with E-state index in [0.29, 0.717) is 6.04 Å². The molecule has 3 aliphatic rings. The van der Waals surface area contributed by atoms with E-state index in [0.717, 1.165) is 69.6 Å². The molecule has 0 amide bonds. The van der Waals surface area contributed by atoms with Gasteiger partial charge >= 0.3 is 0 Å². The number of anilines is 1. The first kappa shape index (κ1) is 17.2. The van der Waals surface area contributed by atoms with Crippen molar-refractivity contribution in [1.82, 2.24) is 14.9 Å². The minimum absolute atomic E-state index is 0.0196. The van der Waals surface area contributed by atoms with Gasteiger partial charge in [-0.3, -0.25) is 0 Å². The Morgan fingerprint density at radius 2 is 2.00 bits per heavy atom. The summed E-state index contributed by atoms with van der Waals surface area (Å²) in [6, 6.07) is 0.402. The van der Waals surface area contributed by atoms with E-state index >= 15 is 0 Å². The van der Waals surface area contributed by atoms with Crippen molar-refractivity contribution in [2.75, 3.05) is 44.8 Å². The lowest BCUT2D eigenvalue weighted by Gasteiger charge is -2.39. The topological polar surface area (TPSA) is 59.5 Å². The zero-order chi connectivity index (χ0) is 17.1. The molecule has 0 aromatic carbocycles. The molecule has 0 radical (unpaired) electrons. The second-order valence-corrected chi connectivity index (χ2v) is 7.99. The molecule has 4 heterocycles. The maximum absolute atomic E-state index is 6.29. The lowest BCUT2D eigenvalue weighted by atomic mass is 9.89. The molecule has 0 unspecified atom stereocenters. The molecule has 138 valence electrons. The molecule has 0 saturated carbocycles. The summed E-state index contributed by atoms with van der Waals surface area (Å²) in [5.41, 5.74) is 1.11. The van der Waals surface area contributed by atoms with Gasteiger partial charge in [0.2, 0.25) is 5.95 Å². The molecule has 6 heteroatoms. The molecule has 1 aromatic rings. The van der Waals surface area contributed by atoms with Crippen LogP contribution in [0.2, 0.25) is 0 Å². The Morgan fingerprint density at radius 3 is 2.80 bits per heavy atom. The van der Waals surface area contributed by atoms with Crippen molar-refractivity contribution < 1.29 is 9.47 Å². The van der Waals surface area contributed by atoms with E-state index in [1.807, 2.05) is 19.3 Å². The van der Waals surface area contributed by atoms with Crippen molar-refractivity contribution in [2.45, 2.75) is 50.7 Å². The van der Waals surface area contributed by atoms with E-state index in [1.165, 1.54) is 19.4 Å². The van der Waals surface area contributed by atoms with Crippen LogP contribution in [0, 0.1) is 12.8 Å². The van der Waals surface area contributed by atoms with Gasteiger partial charge < -0.3 is 19.7 Å². The zero-order valence-corrected chi connectivity index (χ0v) is 15.2. The second kappa shape index (κ2) is 7.56. The van der Waals surface area contributed by atoms with E-state index in [4.69, 9.17) is 9.47 Å². The average molecular weight is 346 g/mol. The molecule has 6 nitrogen and oxygen atoms in total. The minimum Gasteiger partial charge on any atom is -0.381 e. The third-order valence-electron chi connectivity index (χ3n) is 5.86. The van der Waals surface area contributed by atoms with Crippen LogP contribution < -0.4 is 5.32 Å². The Hall–Kier alpha value is -1.24. The fraction of sp³-hybridized carbons (Fsp3) is 0.789. The van der Waals surface area contributed by atoms with Crippen LogP contribution in [0.4, 0.5) is 5.95 Å². The van der Waals surface area contributed by atoms with Gasteiger partial charge in [-0.05, 0) is 50.5 Å². The Morgan fingerprint density at radius 1 is 1.20 bits per heavy atom. The number of aryl methyl sites for hydroxylation is 1. The fourth-order valence-electron chi connectivity index (χ4n) is 4.46. The molecule has 0 aliphatic carbocycles. The van der Waals surface area contributed by atoms with Crippen LogP contribution in [0.3, 0.4) is 0 Å². The maximum Gasteiger partial charge on any atom is 0.222 e. The van der Waals surface area contributed by atoms with Crippen molar-refractivity contribution in [3.05, 3.63) is 18.0 Å². The third kappa shape index (κ3) is 4.30. The van der Waals surface area contributed by atoms with E-state index in [1.54, 1.807) is 0 Å². The predicted molar refractivity (Wildman–Crippen MR) is 96.7 cm³/mol. The van der Waals surface area contributed by atoms with Gasteiger partial charge in [0.05, 0.1) is 5.60 Å². The van der Waals surface area contributed by atoms with Gasteiger partial charge in [-0.25, -0.2) is 9.97 Å². The number of aromatic nitrogens is 2. The van der Waals surface area contributed by atoms with Crippen molar-refractivity contribution in [3.63, 3.8) is 0 Å². The minimum atomic E-state index is 0.0196. The van der Waals surface area contributed by atoms with Crippen molar-refractivity contribution in [1.29, 1.82) is 0 Å². The van der Waals surface area contributed by atoms with Gasteiger partial charge in [0.1, 0.15) is 0 Å². The first-order chi connectivity index (χ1) is 12.2. The van der Waals surface area contributed by atoms with Gasteiger partial charge in [0, 0.05) is 57.9 Å². The summed E-state index contributed by atoms with van der Waals surface area (Å²) in [5, 5.41) is 3.52. The SMILES string of the molecule is Cc1cnc(N[C@H]2CCO[C@@]3(CCN(CC4CCOCC4)C3)C2)nc1. The van der Waals surface area contributed by atoms with Crippen LogP contribution in [0.15, 0.2) is 12.4 Å². The van der Waals surface area contributed by atoms with Gasteiger partial charge in [-0.1, -0.05) is 0 Å². The van der Waals surface area contributed by atoms with Gasteiger partial charge in [-0.2, -0.15) is 0 Å². The third-order valence-corrected chi connectivity index (χ3v) is 5.86. The van der Waals surface area contributed by atoms with Crippen molar-refractivity contribution >= 4 is 5.95 Å². The molecule has 2 atom stereocenters. The zero-order valence-electron chi connectivity index (χ0n) is 15.2. The number of likely N-dealkylation sites (tertiary alicyclic amines) is 1. The smallest absolute Gasteiger partial charge is 0.222 e. The molecule has 4 rings (SSSR count). The highest BCUT2D eigenvalue weighted by molar-refractivity contribution is 5.26. The molecule has 3 aliphatic heterocycles. The standard InChI is InChI=1S/C19H30N4O2/c1-15-11-20-18(21-12-15)22-17-4-9-25-19(10-17)5-6-23(14-19)13-16-2-7-24-8-3-16/h11-12,16-17H,2-10,13-14H2,1H3,(H,20,21,22)/t17-,19-/m0/s1. The summed E-state index contributed by atoms with van der Waals surface area (Å²) < 4.78 is 11.8. The number of rotatable bonds is 4. The highest BCUT2D eigenvalue weighted by Gasteiger charge is 2.43. The monoisotopic (exact) mass is 346 g/mol. The molecule has 1 aromatic heterocycles. The van der Waals surface area contributed by atoms with E-state index in [-0.39, 0.29) is 5.60 Å². The summed E-state index contributed by atoms with van der Waals surface area (Å²) in [4.78, 5) is 11.4. The fourth-order valence-corrected chi connectivity index (χ4v) is 4.46. The molecule has 25 heavy (non-hydrogen) atoms. The summed E-state index contributed by atoms with van der Waals surface area (Å²) in [7, 11) is 0. The molecular formula is C19H30N4O2. The number of nitrogens with zero attached hydrogens (tertiary/aromatic N) is 3. The number of hydrogen-bond donors (Lipinski definition) is 1. The molecular weight excluding hydrogens is 316 g/mol. The highest BCUT2D eigenvalue weighted by atomic mass is 16.5. The summed E-state index contributed by atoms with van der Waals surface area (Å²) >= 11 is 0. The largest absolute Gasteiger partial charge is 0.381 e. The van der Waals surface area contributed by atoms with E-state index in [2.05, 4.69) is 20.2 Å². The van der Waals surface area contributed by atoms with Crippen LogP contribution in [-0.2, 0) is 9.47 Å². The van der Waals surface area contributed by atoms with Gasteiger partial charge in [-0.15, -0.1) is 0 Å². The van der Waals surface area contributed by atoms with Crippen LogP contribution in [0.25, 0.3) is 0 Å². The molecule has 0 bridgehead atoms. The summed E-state index contributed by atoms with van der Waals surface area (Å²) in [5.74, 6) is 1.53. The lowest BCUT2D eigenvalue weighted by molar-refractivity contribution is -0.0744. The summed E-state index contributed by atoms with van der Waals surface area (Å²) in [6.45, 7) is 8.13. The predicted octanol–water partition coefficient (Wildman–Crippen LogP) is 2.25. The second-order valence-electron chi connectivity index (χ2n) is 7.99. The van der Waals surface area contributed by atoms with E-state index < -0.39 is 0 Å². The van der Waals surface area contributed by atoms with Crippen LogP contribution in [0.1, 0.15) is 37.7 Å². The normalized spacial score (nSPS) is 31.5. The van der Waals surface area contributed by atoms with Crippen LogP contribution in [-0.4, -0.2) is 66.0 Å². The average Bonchev–Trinajstić information content (AvgIpc) is 3.00. The van der Waals surface area contributed by atoms with Crippen molar-refractivity contribution in [3.8, 4) is 0 Å². The Bertz CT molecular complexity index is 561. The Balaban J connectivity index is 1.31. The Kier molecular flexibility index (Phi) is 5.20. The molecule has 3 fully saturated rings. The Labute approximate surface area is 150 Å². The van der Waals surface area contributed by atoms with Gasteiger partial charge in [0.15, 0.2) is 0 Å². The van der Waals surface area contributed by atoms with Crippen LogP contribution >= 0.6 is 0 Å². The van der Waals surface area contributed by atoms with Crippen LogP contribution in [0.5, 0.6) is 0 Å². The van der Waals surface area contributed by atoms with Gasteiger partial charge in [0.25, 0.3) is 0 Å². The number of ether oxygens (including phenoxy) is 2. The first-order valence-electron chi connectivity index (χ1n) is 9.70. The molecule has 1 spiro atoms. The van der Waals surface area contributed by atoms with E-state index in [9.17, 15) is 0 Å². The highest BCUT2D eigenvalue weighted by Crippen LogP contribution is 2.35. The lowest BCUT2D eigenvalue weighted by Crippen LogP contribution is -2.47.